The summed E-state index contributed by atoms with van der Waals surface area (Å²) in [6.07, 6.45) is -0.703. The predicted octanol–water partition coefficient (Wildman–Crippen LogP) is 4.23. The van der Waals surface area contributed by atoms with E-state index in [1.54, 1.807) is 20.1 Å². The van der Waals surface area contributed by atoms with Crippen LogP contribution in [0.2, 0.25) is 0 Å². The second-order valence-corrected chi connectivity index (χ2v) is 5.48. The van der Waals surface area contributed by atoms with Gasteiger partial charge in [-0.3, -0.25) is 0 Å². The van der Waals surface area contributed by atoms with Gasteiger partial charge < -0.3 is 14.6 Å². The number of hydrogen-bond donors (Lipinski definition) is 1. The number of benzene rings is 2. The van der Waals surface area contributed by atoms with Gasteiger partial charge in [0.15, 0.2) is 11.6 Å². The van der Waals surface area contributed by atoms with Crippen LogP contribution in [0.15, 0.2) is 40.9 Å². The van der Waals surface area contributed by atoms with Gasteiger partial charge in [0.25, 0.3) is 0 Å². The number of rotatable bonds is 5. The predicted molar refractivity (Wildman–Crippen MR) is 82.1 cm³/mol. The van der Waals surface area contributed by atoms with Crippen LogP contribution < -0.4 is 9.47 Å². The van der Waals surface area contributed by atoms with Crippen LogP contribution in [0.5, 0.6) is 11.5 Å². The van der Waals surface area contributed by atoms with E-state index in [1.165, 1.54) is 12.1 Å². The summed E-state index contributed by atoms with van der Waals surface area (Å²) in [6, 6.07) is 9.98. The lowest BCUT2D eigenvalue weighted by Gasteiger charge is -2.11. The quantitative estimate of drug-likeness (QED) is 0.873. The lowest BCUT2D eigenvalue weighted by atomic mass is 10.1. The molecule has 0 aliphatic carbocycles. The highest BCUT2D eigenvalue weighted by Crippen LogP contribution is 2.27. The van der Waals surface area contributed by atoms with Gasteiger partial charge in [-0.1, -0.05) is 12.1 Å². The molecule has 0 saturated heterocycles. The van der Waals surface area contributed by atoms with Gasteiger partial charge in [-0.15, -0.1) is 0 Å². The third kappa shape index (κ3) is 3.95. The minimum absolute atomic E-state index is 0.159. The molecule has 112 valence electrons. The highest BCUT2D eigenvalue weighted by molar-refractivity contribution is 9.10. The molecule has 0 amide bonds. The summed E-state index contributed by atoms with van der Waals surface area (Å²) >= 11 is 3.39. The van der Waals surface area contributed by atoms with E-state index in [1.807, 2.05) is 18.2 Å². The van der Waals surface area contributed by atoms with Crippen molar-refractivity contribution in [2.24, 2.45) is 0 Å². The van der Waals surface area contributed by atoms with Crippen LogP contribution in [-0.4, -0.2) is 12.2 Å². The van der Waals surface area contributed by atoms with Crippen molar-refractivity contribution in [3.8, 4) is 11.5 Å². The second-order valence-electron chi connectivity index (χ2n) is 4.62. The lowest BCUT2D eigenvalue weighted by molar-refractivity contribution is 0.198. The van der Waals surface area contributed by atoms with Crippen LogP contribution in [0.1, 0.15) is 24.2 Å². The van der Waals surface area contributed by atoms with Crippen molar-refractivity contribution in [1.82, 2.24) is 0 Å². The lowest BCUT2D eigenvalue weighted by Crippen LogP contribution is -1.99. The summed E-state index contributed by atoms with van der Waals surface area (Å²) in [6.45, 7) is 1.83. The molecule has 1 unspecified atom stereocenters. The smallest absolute Gasteiger partial charge is 0.165 e. The van der Waals surface area contributed by atoms with Gasteiger partial charge in [0.05, 0.1) is 17.7 Å². The zero-order valence-electron chi connectivity index (χ0n) is 11.8. The average molecular weight is 355 g/mol. The van der Waals surface area contributed by atoms with Gasteiger partial charge >= 0.3 is 0 Å². The summed E-state index contributed by atoms with van der Waals surface area (Å²) in [5, 5.41) is 9.40. The molecular formula is C16H16BrFO3. The number of aliphatic hydroxyl groups is 1. The molecule has 0 saturated carbocycles. The minimum atomic E-state index is -0.703. The fourth-order valence-corrected chi connectivity index (χ4v) is 2.44. The molecular weight excluding hydrogens is 339 g/mol. The van der Waals surface area contributed by atoms with Crippen LogP contribution in [0.25, 0.3) is 0 Å². The highest BCUT2D eigenvalue weighted by atomic mass is 79.9. The third-order valence-corrected chi connectivity index (χ3v) is 3.67. The Balaban J connectivity index is 2.08. The Morgan fingerprint density at radius 3 is 2.48 bits per heavy atom. The maximum Gasteiger partial charge on any atom is 0.165 e. The monoisotopic (exact) mass is 354 g/mol. The van der Waals surface area contributed by atoms with Crippen molar-refractivity contribution in [3.05, 3.63) is 57.8 Å². The first-order valence-corrected chi connectivity index (χ1v) is 7.23. The molecule has 5 heteroatoms. The largest absolute Gasteiger partial charge is 0.496 e. The topological polar surface area (TPSA) is 38.7 Å². The Bertz CT molecular complexity index is 629. The van der Waals surface area contributed by atoms with E-state index in [0.717, 1.165) is 15.8 Å². The Morgan fingerprint density at radius 2 is 1.90 bits per heavy atom. The van der Waals surface area contributed by atoms with Crippen molar-refractivity contribution in [1.29, 1.82) is 0 Å². The van der Waals surface area contributed by atoms with Gasteiger partial charge in [-0.2, -0.15) is 0 Å². The van der Waals surface area contributed by atoms with Crippen LogP contribution in [0.3, 0.4) is 0 Å². The van der Waals surface area contributed by atoms with E-state index < -0.39 is 11.9 Å². The molecule has 2 rings (SSSR count). The summed E-state index contributed by atoms with van der Waals surface area (Å²) in [5.74, 6) is 0.401. The molecule has 0 radical (unpaired) electrons. The fraction of sp³-hybridized carbons (Fsp3) is 0.250. The van der Waals surface area contributed by atoms with E-state index in [0.29, 0.717) is 5.56 Å². The Morgan fingerprint density at radius 1 is 1.19 bits per heavy atom. The van der Waals surface area contributed by atoms with Gasteiger partial charge in [-0.05, 0) is 58.2 Å². The Hall–Kier alpha value is -1.59. The molecule has 0 heterocycles. The van der Waals surface area contributed by atoms with E-state index in [9.17, 15) is 9.50 Å². The summed E-state index contributed by atoms with van der Waals surface area (Å²) in [7, 11) is 1.59. The molecule has 0 aliphatic rings. The molecule has 0 fully saturated rings. The number of halogens is 2. The van der Waals surface area contributed by atoms with Crippen molar-refractivity contribution < 1.29 is 19.0 Å². The molecule has 2 aromatic carbocycles. The summed E-state index contributed by atoms with van der Waals surface area (Å²) < 4.78 is 25.3. The van der Waals surface area contributed by atoms with Crippen LogP contribution in [0, 0.1) is 5.82 Å². The molecule has 1 atom stereocenters. The zero-order chi connectivity index (χ0) is 15.4. The molecule has 1 N–H and O–H groups in total. The molecule has 0 aliphatic heterocycles. The SMILES string of the molecule is COc1ccc(COc2ccc(C(C)O)cc2F)cc1Br. The maximum absolute atomic E-state index is 13.8. The maximum atomic E-state index is 13.8. The number of ether oxygens (including phenoxy) is 2. The highest BCUT2D eigenvalue weighted by Gasteiger charge is 2.09. The summed E-state index contributed by atoms with van der Waals surface area (Å²) in [5.41, 5.74) is 1.41. The standard InChI is InChI=1S/C16H16BrFO3/c1-10(19)12-4-6-16(14(18)8-12)21-9-11-3-5-15(20-2)13(17)7-11/h3-8,10,19H,9H2,1-2H3. The number of methoxy groups -OCH3 is 1. The molecule has 0 spiro atoms. The van der Waals surface area contributed by atoms with Gasteiger partial charge in [-0.25, -0.2) is 4.39 Å². The van der Waals surface area contributed by atoms with E-state index in [4.69, 9.17) is 9.47 Å². The Labute approximate surface area is 131 Å². The first-order chi connectivity index (χ1) is 10.0. The van der Waals surface area contributed by atoms with Crippen LogP contribution in [0.4, 0.5) is 4.39 Å². The van der Waals surface area contributed by atoms with Crippen molar-refractivity contribution >= 4 is 15.9 Å². The molecule has 21 heavy (non-hydrogen) atoms. The first kappa shape index (κ1) is 15.8. The van der Waals surface area contributed by atoms with Crippen molar-refractivity contribution in [2.45, 2.75) is 19.6 Å². The fourth-order valence-electron chi connectivity index (χ4n) is 1.85. The second kappa shape index (κ2) is 6.91. The van der Waals surface area contributed by atoms with Crippen molar-refractivity contribution in [2.75, 3.05) is 7.11 Å². The van der Waals surface area contributed by atoms with Gasteiger partial charge in [0.1, 0.15) is 12.4 Å². The summed E-state index contributed by atoms with van der Waals surface area (Å²) in [4.78, 5) is 0. The normalized spacial score (nSPS) is 12.0. The molecule has 0 aromatic heterocycles. The van der Waals surface area contributed by atoms with Crippen molar-refractivity contribution in [3.63, 3.8) is 0 Å². The molecule has 3 nitrogen and oxygen atoms in total. The Kier molecular flexibility index (Phi) is 5.20. The van der Waals surface area contributed by atoms with Crippen LogP contribution >= 0.6 is 15.9 Å². The average Bonchev–Trinajstić information content (AvgIpc) is 2.46. The van der Waals surface area contributed by atoms with Gasteiger partial charge in [0.2, 0.25) is 0 Å². The van der Waals surface area contributed by atoms with E-state index in [2.05, 4.69) is 15.9 Å². The van der Waals surface area contributed by atoms with Crippen LogP contribution in [-0.2, 0) is 6.61 Å². The zero-order valence-corrected chi connectivity index (χ0v) is 13.4. The van der Waals surface area contributed by atoms with E-state index in [-0.39, 0.29) is 12.4 Å². The van der Waals surface area contributed by atoms with Gasteiger partial charge in [0, 0.05) is 0 Å². The first-order valence-electron chi connectivity index (χ1n) is 6.44. The minimum Gasteiger partial charge on any atom is -0.496 e. The molecule has 0 bridgehead atoms. The molecule has 2 aromatic rings. The van der Waals surface area contributed by atoms with E-state index >= 15 is 0 Å². The third-order valence-electron chi connectivity index (χ3n) is 3.05. The number of hydrogen-bond acceptors (Lipinski definition) is 3. The number of aliphatic hydroxyl groups excluding tert-OH is 1.